The van der Waals surface area contributed by atoms with Crippen molar-refractivity contribution in [1.82, 2.24) is 0 Å². The summed E-state index contributed by atoms with van der Waals surface area (Å²) in [6, 6.07) is 4.78. The molecule has 0 saturated heterocycles. The molecular formula is C14H20N2O2. The van der Waals surface area contributed by atoms with Gasteiger partial charge in [-0.05, 0) is 42.9 Å². The Hall–Kier alpha value is -1.71. The van der Waals surface area contributed by atoms with Crippen LogP contribution in [0.15, 0.2) is 18.2 Å². The molecule has 0 aromatic heterocycles. The highest BCUT2D eigenvalue weighted by atomic mass is 16.4. The summed E-state index contributed by atoms with van der Waals surface area (Å²) in [4.78, 5) is 10.9. The van der Waals surface area contributed by atoms with Crippen molar-refractivity contribution in [2.75, 3.05) is 17.6 Å². The zero-order valence-electron chi connectivity index (χ0n) is 10.6. The fourth-order valence-corrected chi connectivity index (χ4v) is 2.61. The van der Waals surface area contributed by atoms with E-state index in [4.69, 9.17) is 10.8 Å². The van der Waals surface area contributed by atoms with E-state index in [-0.39, 0.29) is 5.56 Å². The number of aromatic carboxylic acids is 1. The normalized spacial score (nSPS) is 22.9. The summed E-state index contributed by atoms with van der Waals surface area (Å²) in [7, 11) is 0. The molecule has 2 unspecified atom stereocenters. The number of nitrogens with two attached hydrogens (primary N) is 1. The Balaban J connectivity index is 2.00. The molecule has 1 fully saturated rings. The molecule has 1 aliphatic carbocycles. The van der Waals surface area contributed by atoms with E-state index < -0.39 is 5.97 Å². The number of hydrogen-bond acceptors (Lipinski definition) is 3. The molecule has 0 radical (unpaired) electrons. The lowest BCUT2D eigenvalue weighted by Gasteiger charge is -2.14. The van der Waals surface area contributed by atoms with Crippen LogP contribution in [-0.2, 0) is 0 Å². The minimum atomic E-state index is -0.924. The average Bonchev–Trinajstić information content (AvgIpc) is 2.74. The lowest BCUT2D eigenvalue weighted by Crippen LogP contribution is -2.13. The summed E-state index contributed by atoms with van der Waals surface area (Å²) in [6.07, 6.45) is 3.77. The Bertz CT molecular complexity index is 445. The van der Waals surface area contributed by atoms with Crippen molar-refractivity contribution >= 4 is 17.3 Å². The van der Waals surface area contributed by atoms with Crippen LogP contribution < -0.4 is 11.1 Å². The number of nitrogens with one attached hydrogen (secondary N) is 1. The van der Waals surface area contributed by atoms with Crippen LogP contribution in [0.5, 0.6) is 0 Å². The Morgan fingerprint density at radius 3 is 2.89 bits per heavy atom. The molecule has 2 atom stereocenters. The molecule has 1 saturated carbocycles. The number of carboxylic acid groups (broad SMARTS) is 1. The van der Waals surface area contributed by atoms with E-state index in [2.05, 4.69) is 12.2 Å². The SMILES string of the molecule is CC1CCC(CNc2cc(C(=O)O)ccc2N)C1. The van der Waals surface area contributed by atoms with Gasteiger partial charge in [0.2, 0.25) is 0 Å². The molecule has 4 heteroatoms. The molecule has 0 amide bonds. The molecule has 1 aliphatic rings. The molecule has 1 aromatic carbocycles. The van der Waals surface area contributed by atoms with Crippen LogP contribution in [0, 0.1) is 11.8 Å². The van der Waals surface area contributed by atoms with Crippen molar-refractivity contribution < 1.29 is 9.90 Å². The minimum Gasteiger partial charge on any atom is -0.478 e. The van der Waals surface area contributed by atoms with E-state index in [1.807, 2.05) is 0 Å². The third-order valence-corrected chi connectivity index (χ3v) is 3.68. The fourth-order valence-electron chi connectivity index (χ4n) is 2.61. The number of anilines is 2. The summed E-state index contributed by atoms with van der Waals surface area (Å²) in [5, 5.41) is 12.2. The van der Waals surface area contributed by atoms with Crippen molar-refractivity contribution in [2.24, 2.45) is 11.8 Å². The highest BCUT2D eigenvalue weighted by Gasteiger charge is 2.21. The van der Waals surface area contributed by atoms with Crippen molar-refractivity contribution in [3.05, 3.63) is 23.8 Å². The Labute approximate surface area is 107 Å². The van der Waals surface area contributed by atoms with Crippen LogP contribution in [0.2, 0.25) is 0 Å². The van der Waals surface area contributed by atoms with Gasteiger partial charge in [-0.1, -0.05) is 13.3 Å². The Morgan fingerprint density at radius 2 is 2.28 bits per heavy atom. The van der Waals surface area contributed by atoms with Crippen molar-refractivity contribution in [2.45, 2.75) is 26.2 Å². The first-order valence-electron chi connectivity index (χ1n) is 6.43. The maximum absolute atomic E-state index is 10.9. The second-order valence-electron chi connectivity index (χ2n) is 5.27. The molecule has 0 aliphatic heterocycles. The van der Waals surface area contributed by atoms with Crippen LogP contribution in [0.25, 0.3) is 0 Å². The van der Waals surface area contributed by atoms with Crippen LogP contribution in [0.1, 0.15) is 36.5 Å². The quantitative estimate of drug-likeness (QED) is 0.716. The van der Waals surface area contributed by atoms with Gasteiger partial charge in [0.15, 0.2) is 0 Å². The van der Waals surface area contributed by atoms with E-state index >= 15 is 0 Å². The smallest absolute Gasteiger partial charge is 0.335 e. The van der Waals surface area contributed by atoms with Gasteiger partial charge in [-0.25, -0.2) is 4.79 Å². The van der Waals surface area contributed by atoms with Gasteiger partial charge in [-0.15, -0.1) is 0 Å². The fraction of sp³-hybridized carbons (Fsp3) is 0.500. The predicted molar refractivity (Wildman–Crippen MR) is 72.8 cm³/mol. The molecule has 98 valence electrons. The molecule has 2 rings (SSSR count). The molecule has 0 spiro atoms. The Kier molecular flexibility index (Phi) is 3.75. The van der Waals surface area contributed by atoms with E-state index in [1.165, 1.54) is 25.3 Å². The van der Waals surface area contributed by atoms with Gasteiger partial charge in [0.05, 0.1) is 16.9 Å². The maximum Gasteiger partial charge on any atom is 0.335 e. The average molecular weight is 248 g/mol. The number of hydrogen-bond donors (Lipinski definition) is 3. The van der Waals surface area contributed by atoms with Gasteiger partial charge >= 0.3 is 5.97 Å². The molecule has 0 heterocycles. The molecular weight excluding hydrogens is 228 g/mol. The van der Waals surface area contributed by atoms with Gasteiger partial charge < -0.3 is 16.2 Å². The van der Waals surface area contributed by atoms with E-state index in [0.717, 1.165) is 18.2 Å². The number of carboxylic acids is 1. The topological polar surface area (TPSA) is 75.3 Å². The summed E-state index contributed by atoms with van der Waals surface area (Å²) >= 11 is 0. The molecule has 1 aromatic rings. The summed E-state index contributed by atoms with van der Waals surface area (Å²) in [5.41, 5.74) is 7.45. The van der Waals surface area contributed by atoms with Crippen LogP contribution in [-0.4, -0.2) is 17.6 Å². The van der Waals surface area contributed by atoms with Gasteiger partial charge in [-0.3, -0.25) is 0 Å². The van der Waals surface area contributed by atoms with Gasteiger partial charge in [0.25, 0.3) is 0 Å². The molecule has 4 nitrogen and oxygen atoms in total. The zero-order valence-corrected chi connectivity index (χ0v) is 10.6. The highest BCUT2D eigenvalue weighted by Crippen LogP contribution is 2.31. The number of rotatable bonds is 4. The summed E-state index contributed by atoms with van der Waals surface area (Å²) in [5.74, 6) is 0.555. The first kappa shape index (κ1) is 12.7. The summed E-state index contributed by atoms with van der Waals surface area (Å²) in [6.45, 7) is 3.15. The minimum absolute atomic E-state index is 0.270. The second-order valence-corrected chi connectivity index (χ2v) is 5.27. The summed E-state index contributed by atoms with van der Waals surface area (Å²) < 4.78 is 0. The molecule has 0 bridgehead atoms. The number of benzene rings is 1. The van der Waals surface area contributed by atoms with E-state index in [1.54, 1.807) is 12.1 Å². The van der Waals surface area contributed by atoms with Crippen LogP contribution in [0.3, 0.4) is 0 Å². The van der Waals surface area contributed by atoms with Crippen molar-refractivity contribution in [1.29, 1.82) is 0 Å². The predicted octanol–water partition coefficient (Wildman–Crippen LogP) is 2.82. The lowest BCUT2D eigenvalue weighted by molar-refractivity contribution is 0.0697. The first-order valence-corrected chi connectivity index (χ1v) is 6.43. The second kappa shape index (κ2) is 5.29. The van der Waals surface area contributed by atoms with Gasteiger partial charge in [0, 0.05) is 6.54 Å². The van der Waals surface area contributed by atoms with E-state index in [9.17, 15) is 4.79 Å². The first-order chi connectivity index (χ1) is 8.56. The van der Waals surface area contributed by atoms with Crippen LogP contribution in [0.4, 0.5) is 11.4 Å². The van der Waals surface area contributed by atoms with Crippen molar-refractivity contribution in [3.8, 4) is 0 Å². The third kappa shape index (κ3) is 2.94. The van der Waals surface area contributed by atoms with Crippen molar-refractivity contribution in [3.63, 3.8) is 0 Å². The number of carbonyl (C=O) groups is 1. The zero-order chi connectivity index (χ0) is 13.1. The maximum atomic E-state index is 10.9. The third-order valence-electron chi connectivity index (χ3n) is 3.68. The standard InChI is InChI=1S/C14H20N2O2/c1-9-2-3-10(6-9)8-16-13-7-11(14(17)18)4-5-12(13)15/h4-5,7,9-10,16H,2-3,6,8,15H2,1H3,(H,17,18). The monoisotopic (exact) mass is 248 g/mol. The largest absolute Gasteiger partial charge is 0.478 e. The highest BCUT2D eigenvalue weighted by molar-refractivity contribution is 5.90. The molecule has 18 heavy (non-hydrogen) atoms. The Morgan fingerprint density at radius 1 is 1.50 bits per heavy atom. The van der Waals surface area contributed by atoms with E-state index in [0.29, 0.717) is 11.6 Å². The van der Waals surface area contributed by atoms with Gasteiger partial charge in [-0.2, -0.15) is 0 Å². The molecule has 4 N–H and O–H groups in total. The lowest BCUT2D eigenvalue weighted by atomic mass is 10.1. The van der Waals surface area contributed by atoms with Gasteiger partial charge in [0.1, 0.15) is 0 Å². The number of nitrogen functional groups attached to an aromatic ring is 1. The van der Waals surface area contributed by atoms with Crippen LogP contribution >= 0.6 is 0 Å².